The first kappa shape index (κ1) is 12.9. The van der Waals surface area contributed by atoms with Crippen LogP contribution in [0.1, 0.15) is 13.3 Å². The summed E-state index contributed by atoms with van der Waals surface area (Å²) in [5, 5.41) is 11.3. The molecule has 2 N–H and O–H groups in total. The summed E-state index contributed by atoms with van der Waals surface area (Å²) in [5.41, 5.74) is 0. The quantitative estimate of drug-likeness (QED) is 0.674. The van der Waals surface area contributed by atoms with E-state index in [0.717, 1.165) is 0 Å². The van der Waals surface area contributed by atoms with Crippen molar-refractivity contribution in [2.45, 2.75) is 25.6 Å². The normalized spacial score (nSPS) is 26.4. The third-order valence-electron chi connectivity index (χ3n) is 2.73. The lowest BCUT2D eigenvalue weighted by Gasteiger charge is -2.16. The Morgan fingerprint density at radius 1 is 1.62 bits per heavy atom. The number of rotatable bonds is 5. The van der Waals surface area contributed by atoms with Gasteiger partial charge in [-0.3, -0.25) is 4.79 Å². The standard InChI is InChI=1S/C10H17NO5/c1-6-7(3-4-16-6)9(12)11-5-8(15-2)10(13)14/h6-8H,3-5H2,1-2H3,(H,11,12)(H,13,14). The summed E-state index contributed by atoms with van der Waals surface area (Å²) in [4.78, 5) is 22.3. The lowest BCUT2D eigenvalue weighted by atomic mass is 10.0. The Morgan fingerprint density at radius 3 is 2.75 bits per heavy atom. The molecule has 16 heavy (non-hydrogen) atoms. The summed E-state index contributed by atoms with van der Waals surface area (Å²) in [7, 11) is 1.30. The lowest BCUT2D eigenvalue weighted by Crippen LogP contribution is -2.41. The maximum Gasteiger partial charge on any atom is 0.334 e. The molecule has 0 aromatic heterocycles. The SMILES string of the molecule is COC(CNC(=O)C1CCOC1C)C(=O)O. The second-order valence-electron chi connectivity index (χ2n) is 3.78. The van der Waals surface area contributed by atoms with Gasteiger partial charge in [0.1, 0.15) is 0 Å². The summed E-state index contributed by atoms with van der Waals surface area (Å²) >= 11 is 0. The number of hydrogen-bond donors (Lipinski definition) is 2. The van der Waals surface area contributed by atoms with E-state index in [1.165, 1.54) is 7.11 Å². The van der Waals surface area contributed by atoms with Crippen molar-refractivity contribution < 1.29 is 24.2 Å². The van der Waals surface area contributed by atoms with Crippen LogP contribution in [0.2, 0.25) is 0 Å². The first-order chi connectivity index (χ1) is 7.56. The van der Waals surface area contributed by atoms with E-state index in [0.29, 0.717) is 13.0 Å². The Morgan fingerprint density at radius 2 is 2.31 bits per heavy atom. The fourth-order valence-corrected chi connectivity index (χ4v) is 1.67. The smallest absolute Gasteiger partial charge is 0.334 e. The maximum atomic E-state index is 11.7. The number of nitrogens with one attached hydrogen (secondary N) is 1. The number of amides is 1. The van der Waals surface area contributed by atoms with Gasteiger partial charge >= 0.3 is 5.97 Å². The van der Waals surface area contributed by atoms with Gasteiger partial charge in [0.2, 0.25) is 5.91 Å². The number of carboxylic acids is 1. The van der Waals surface area contributed by atoms with Crippen molar-refractivity contribution in [1.82, 2.24) is 5.32 Å². The van der Waals surface area contributed by atoms with Crippen LogP contribution in [0.5, 0.6) is 0 Å². The third kappa shape index (κ3) is 3.18. The molecule has 6 nitrogen and oxygen atoms in total. The average Bonchev–Trinajstić information content (AvgIpc) is 2.64. The van der Waals surface area contributed by atoms with Gasteiger partial charge in [-0.1, -0.05) is 0 Å². The number of carboxylic acid groups (broad SMARTS) is 1. The topological polar surface area (TPSA) is 84.9 Å². The number of carbonyl (C=O) groups excluding carboxylic acids is 1. The van der Waals surface area contributed by atoms with Crippen molar-refractivity contribution in [3.05, 3.63) is 0 Å². The Kier molecular flexibility index (Phi) is 4.70. The highest BCUT2D eigenvalue weighted by molar-refractivity contribution is 5.80. The van der Waals surface area contributed by atoms with Crippen LogP contribution in [-0.4, -0.2) is 49.5 Å². The van der Waals surface area contributed by atoms with Crippen molar-refractivity contribution in [3.8, 4) is 0 Å². The third-order valence-corrected chi connectivity index (χ3v) is 2.73. The van der Waals surface area contributed by atoms with Gasteiger partial charge in [-0.25, -0.2) is 4.79 Å². The van der Waals surface area contributed by atoms with E-state index >= 15 is 0 Å². The molecule has 92 valence electrons. The average molecular weight is 231 g/mol. The predicted molar refractivity (Wildman–Crippen MR) is 55.0 cm³/mol. The van der Waals surface area contributed by atoms with E-state index in [9.17, 15) is 9.59 Å². The molecule has 0 aliphatic carbocycles. The zero-order valence-electron chi connectivity index (χ0n) is 9.43. The Balaban J connectivity index is 2.37. The molecule has 1 amide bonds. The predicted octanol–water partition coefficient (Wildman–Crippen LogP) is -0.373. The highest BCUT2D eigenvalue weighted by atomic mass is 16.5. The van der Waals surface area contributed by atoms with Crippen molar-refractivity contribution in [1.29, 1.82) is 0 Å². The van der Waals surface area contributed by atoms with Gasteiger partial charge in [0, 0.05) is 13.7 Å². The molecule has 0 aromatic rings. The number of carbonyl (C=O) groups is 2. The van der Waals surface area contributed by atoms with Crippen molar-refractivity contribution in [3.63, 3.8) is 0 Å². The van der Waals surface area contributed by atoms with E-state index in [2.05, 4.69) is 5.32 Å². The second-order valence-corrected chi connectivity index (χ2v) is 3.78. The van der Waals surface area contributed by atoms with Crippen LogP contribution < -0.4 is 5.32 Å². The minimum atomic E-state index is -1.08. The first-order valence-electron chi connectivity index (χ1n) is 5.21. The summed E-state index contributed by atoms with van der Waals surface area (Å²) in [6, 6.07) is 0. The van der Waals surface area contributed by atoms with Gasteiger partial charge in [0.15, 0.2) is 6.10 Å². The monoisotopic (exact) mass is 231 g/mol. The summed E-state index contributed by atoms with van der Waals surface area (Å²) in [6.45, 7) is 2.39. The van der Waals surface area contributed by atoms with Gasteiger partial charge in [-0.05, 0) is 13.3 Å². The van der Waals surface area contributed by atoms with Crippen LogP contribution in [0, 0.1) is 5.92 Å². The highest BCUT2D eigenvalue weighted by Gasteiger charge is 2.31. The van der Waals surface area contributed by atoms with Crippen LogP contribution in [0.3, 0.4) is 0 Å². The molecule has 6 heteroatoms. The first-order valence-corrected chi connectivity index (χ1v) is 5.21. The molecule has 0 spiro atoms. The molecule has 0 bridgehead atoms. The largest absolute Gasteiger partial charge is 0.479 e. The zero-order valence-corrected chi connectivity index (χ0v) is 9.43. The van der Waals surface area contributed by atoms with Gasteiger partial charge in [-0.15, -0.1) is 0 Å². The molecule has 1 rings (SSSR count). The highest BCUT2D eigenvalue weighted by Crippen LogP contribution is 2.20. The van der Waals surface area contributed by atoms with Crippen LogP contribution in [0.25, 0.3) is 0 Å². The molecule has 0 saturated carbocycles. The van der Waals surface area contributed by atoms with E-state index < -0.39 is 12.1 Å². The van der Waals surface area contributed by atoms with E-state index in [-0.39, 0.29) is 24.5 Å². The fourth-order valence-electron chi connectivity index (χ4n) is 1.67. The van der Waals surface area contributed by atoms with Crippen LogP contribution >= 0.6 is 0 Å². The molecule has 1 saturated heterocycles. The van der Waals surface area contributed by atoms with Crippen molar-refractivity contribution >= 4 is 11.9 Å². The van der Waals surface area contributed by atoms with E-state index in [1.807, 2.05) is 6.92 Å². The lowest BCUT2D eigenvalue weighted by molar-refractivity contribution is -0.148. The van der Waals surface area contributed by atoms with Crippen LogP contribution in [-0.2, 0) is 19.1 Å². The Bertz CT molecular complexity index is 268. The number of aliphatic carboxylic acids is 1. The molecule has 1 aliphatic heterocycles. The molecule has 3 atom stereocenters. The minimum absolute atomic E-state index is 0.0200. The summed E-state index contributed by atoms with van der Waals surface area (Å²) in [5.74, 6) is -1.45. The Labute approximate surface area is 93.9 Å². The van der Waals surface area contributed by atoms with Gasteiger partial charge in [0.05, 0.1) is 18.6 Å². The minimum Gasteiger partial charge on any atom is -0.479 e. The number of ether oxygens (including phenoxy) is 2. The Hall–Kier alpha value is -1.14. The molecule has 0 aromatic carbocycles. The zero-order chi connectivity index (χ0) is 12.1. The van der Waals surface area contributed by atoms with Gasteiger partial charge in [0.25, 0.3) is 0 Å². The molecule has 1 aliphatic rings. The van der Waals surface area contributed by atoms with E-state index in [1.54, 1.807) is 0 Å². The summed E-state index contributed by atoms with van der Waals surface area (Å²) < 4.78 is 9.96. The van der Waals surface area contributed by atoms with Crippen molar-refractivity contribution in [2.24, 2.45) is 5.92 Å². The molecular weight excluding hydrogens is 214 g/mol. The molecule has 0 radical (unpaired) electrons. The molecule has 1 heterocycles. The number of methoxy groups -OCH3 is 1. The van der Waals surface area contributed by atoms with Crippen LogP contribution in [0.4, 0.5) is 0 Å². The van der Waals surface area contributed by atoms with Gasteiger partial charge < -0.3 is 19.9 Å². The maximum absolute atomic E-state index is 11.7. The molecule has 1 fully saturated rings. The van der Waals surface area contributed by atoms with Crippen molar-refractivity contribution in [2.75, 3.05) is 20.3 Å². The molecule has 3 unspecified atom stereocenters. The number of hydrogen-bond acceptors (Lipinski definition) is 4. The van der Waals surface area contributed by atoms with E-state index in [4.69, 9.17) is 14.6 Å². The second kappa shape index (κ2) is 5.81. The fraction of sp³-hybridized carbons (Fsp3) is 0.800. The van der Waals surface area contributed by atoms with Gasteiger partial charge in [-0.2, -0.15) is 0 Å². The summed E-state index contributed by atoms with van der Waals surface area (Å²) in [6.07, 6.45) is -0.426. The van der Waals surface area contributed by atoms with Crippen LogP contribution in [0.15, 0.2) is 0 Å². The molecular formula is C10H17NO5.